The summed E-state index contributed by atoms with van der Waals surface area (Å²) in [5.41, 5.74) is 1.61. The molecule has 2 unspecified atom stereocenters. The Bertz CT molecular complexity index is 904. The molecule has 27 heavy (non-hydrogen) atoms. The summed E-state index contributed by atoms with van der Waals surface area (Å²) in [6.45, 7) is 0. The second-order valence-electron chi connectivity index (χ2n) is 6.40. The minimum Gasteiger partial charge on any atom is -0.229 e. The average Bonchev–Trinajstić information content (AvgIpc) is 2.60. The van der Waals surface area contributed by atoms with Gasteiger partial charge in [0.25, 0.3) is 0 Å². The van der Waals surface area contributed by atoms with Crippen LogP contribution in [0.4, 0.5) is 0 Å². The highest BCUT2D eigenvalue weighted by Gasteiger charge is 2.24. The summed E-state index contributed by atoms with van der Waals surface area (Å²) in [6, 6.07) is 18.1. The molecule has 0 aromatic heterocycles. The Hall–Kier alpha value is -2.05. The number of rotatable bonds is 8. The number of sulfone groups is 1. The van der Waals surface area contributed by atoms with E-state index in [9.17, 15) is 18.9 Å². The van der Waals surface area contributed by atoms with E-state index in [1.807, 2.05) is 0 Å². The Morgan fingerprint density at radius 3 is 1.56 bits per heavy atom. The van der Waals surface area contributed by atoms with Crippen LogP contribution in [0.3, 0.4) is 0 Å². The maximum Gasteiger partial charge on any atom is 0.152 e. The highest BCUT2D eigenvalue weighted by atomic mass is 35.5. The minimum atomic E-state index is -3.58. The molecular weight excluding hydrogens is 403 g/mol. The number of benzene rings is 2. The van der Waals surface area contributed by atoms with Crippen LogP contribution < -0.4 is 0 Å². The Morgan fingerprint density at radius 2 is 1.22 bits per heavy atom. The Labute approximate surface area is 169 Å². The molecule has 0 bridgehead atoms. The van der Waals surface area contributed by atoms with Crippen LogP contribution in [0.5, 0.6) is 0 Å². The molecule has 7 heteroatoms. The van der Waals surface area contributed by atoms with E-state index >= 15 is 0 Å². The lowest BCUT2D eigenvalue weighted by Crippen LogP contribution is -2.24. The predicted molar refractivity (Wildman–Crippen MR) is 107 cm³/mol. The van der Waals surface area contributed by atoms with Gasteiger partial charge in [-0.15, -0.1) is 0 Å². The second kappa shape index (κ2) is 9.76. The molecule has 0 heterocycles. The van der Waals surface area contributed by atoms with Crippen LogP contribution in [-0.4, -0.2) is 19.9 Å². The maximum absolute atomic E-state index is 12.5. The van der Waals surface area contributed by atoms with E-state index in [1.165, 1.54) is 0 Å². The minimum absolute atomic E-state index is 0.288. The lowest BCUT2D eigenvalue weighted by molar-refractivity contribution is 0.573. The fourth-order valence-electron chi connectivity index (χ4n) is 2.86. The van der Waals surface area contributed by atoms with Crippen molar-refractivity contribution < 1.29 is 8.42 Å². The molecule has 4 nitrogen and oxygen atoms in total. The van der Waals surface area contributed by atoms with Crippen molar-refractivity contribution in [3.8, 4) is 12.1 Å². The molecule has 0 saturated carbocycles. The fourth-order valence-corrected chi connectivity index (χ4v) is 5.03. The lowest BCUT2D eigenvalue weighted by Gasteiger charge is -2.13. The van der Waals surface area contributed by atoms with Crippen LogP contribution in [0.15, 0.2) is 48.5 Å². The molecule has 0 N–H and O–H groups in total. The third-order valence-corrected chi connectivity index (χ3v) is 6.31. The SMILES string of the molecule is N#CC(Cc1cccc(Cl)c1)CS(=O)(=O)CC(C#N)Cc1cccc(Cl)c1. The molecule has 0 amide bonds. The van der Waals surface area contributed by atoms with Gasteiger partial charge in [0.15, 0.2) is 9.84 Å². The van der Waals surface area contributed by atoms with E-state index in [0.29, 0.717) is 22.9 Å². The van der Waals surface area contributed by atoms with Crippen molar-refractivity contribution in [1.82, 2.24) is 0 Å². The Morgan fingerprint density at radius 1 is 0.815 bits per heavy atom. The van der Waals surface area contributed by atoms with E-state index in [2.05, 4.69) is 12.1 Å². The van der Waals surface area contributed by atoms with Gasteiger partial charge in [-0.2, -0.15) is 10.5 Å². The van der Waals surface area contributed by atoms with Crippen molar-refractivity contribution in [3.05, 3.63) is 69.7 Å². The van der Waals surface area contributed by atoms with Gasteiger partial charge in [0.2, 0.25) is 0 Å². The summed E-state index contributed by atoms with van der Waals surface area (Å²) >= 11 is 11.9. The van der Waals surface area contributed by atoms with Crippen LogP contribution in [0.2, 0.25) is 10.0 Å². The van der Waals surface area contributed by atoms with Gasteiger partial charge < -0.3 is 0 Å². The van der Waals surface area contributed by atoms with Crippen molar-refractivity contribution in [2.75, 3.05) is 11.5 Å². The second-order valence-corrected chi connectivity index (χ2v) is 9.42. The van der Waals surface area contributed by atoms with Gasteiger partial charge in [-0.3, -0.25) is 0 Å². The highest BCUT2D eigenvalue weighted by Crippen LogP contribution is 2.19. The number of nitriles is 2. The summed E-state index contributed by atoms with van der Waals surface area (Å²) in [7, 11) is -3.58. The van der Waals surface area contributed by atoms with E-state index in [-0.39, 0.29) is 11.5 Å². The number of hydrogen-bond acceptors (Lipinski definition) is 4. The predicted octanol–water partition coefficient (Wildman–Crippen LogP) is 4.47. The molecule has 0 spiro atoms. The van der Waals surface area contributed by atoms with Gasteiger partial charge in [0, 0.05) is 10.0 Å². The molecule has 0 fully saturated rings. The molecule has 0 radical (unpaired) electrons. The fraction of sp³-hybridized carbons (Fsp3) is 0.300. The first-order valence-electron chi connectivity index (χ1n) is 8.30. The standard InChI is InChI=1S/C20H18Cl2N2O2S/c21-19-5-1-3-15(9-19)7-17(11-23)13-27(25,26)14-18(12-24)8-16-4-2-6-20(22)10-16/h1-6,9-10,17-18H,7-8,13-14H2. The molecule has 0 aliphatic rings. The highest BCUT2D eigenvalue weighted by molar-refractivity contribution is 7.91. The summed E-state index contributed by atoms with van der Waals surface area (Å²) < 4.78 is 25.1. The van der Waals surface area contributed by atoms with E-state index in [0.717, 1.165) is 11.1 Å². The van der Waals surface area contributed by atoms with E-state index < -0.39 is 21.7 Å². The number of halogens is 2. The van der Waals surface area contributed by atoms with E-state index in [4.69, 9.17) is 23.2 Å². The van der Waals surface area contributed by atoms with Crippen LogP contribution in [0, 0.1) is 34.5 Å². The first-order chi connectivity index (χ1) is 12.8. The third kappa shape index (κ3) is 7.23. The van der Waals surface area contributed by atoms with Crippen LogP contribution in [0.25, 0.3) is 0 Å². The first kappa shape index (κ1) is 21.3. The third-order valence-electron chi connectivity index (χ3n) is 4.02. The molecule has 0 aliphatic carbocycles. The molecule has 2 aromatic rings. The summed E-state index contributed by atoms with van der Waals surface area (Å²) in [6.07, 6.45) is 0.587. The quantitative estimate of drug-likeness (QED) is 0.630. The van der Waals surface area contributed by atoms with Gasteiger partial charge in [-0.1, -0.05) is 47.5 Å². The largest absolute Gasteiger partial charge is 0.229 e. The van der Waals surface area contributed by atoms with Gasteiger partial charge >= 0.3 is 0 Å². The Kier molecular flexibility index (Phi) is 7.68. The number of hydrogen-bond donors (Lipinski definition) is 0. The smallest absolute Gasteiger partial charge is 0.152 e. The van der Waals surface area contributed by atoms with Gasteiger partial charge in [-0.25, -0.2) is 8.42 Å². The molecule has 140 valence electrons. The zero-order valence-corrected chi connectivity index (χ0v) is 16.8. The van der Waals surface area contributed by atoms with Gasteiger partial charge in [0.1, 0.15) is 0 Å². The summed E-state index contributed by atoms with van der Waals surface area (Å²) in [4.78, 5) is 0. The number of nitrogens with zero attached hydrogens (tertiary/aromatic N) is 2. The molecular formula is C20H18Cl2N2O2S. The van der Waals surface area contributed by atoms with Gasteiger partial charge in [-0.05, 0) is 48.2 Å². The monoisotopic (exact) mass is 420 g/mol. The molecule has 2 rings (SSSR count). The zero-order chi connectivity index (χ0) is 19.9. The van der Waals surface area contributed by atoms with Crippen molar-refractivity contribution in [2.24, 2.45) is 11.8 Å². The molecule has 0 saturated heterocycles. The van der Waals surface area contributed by atoms with Crippen LogP contribution >= 0.6 is 23.2 Å². The van der Waals surface area contributed by atoms with Crippen molar-refractivity contribution in [2.45, 2.75) is 12.8 Å². The zero-order valence-electron chi connectivity index (χ0n) is 14.5. The molecule has 0 aliphatic heterocycles. The topological polar surface area (TPSA) is 81.7 Å². The van der Waals surface area contributed by atoms with Crippen molar-refractivity contribution in [3.63, 3.8) is 0 Å². The molecule has 2 aromatic carbocycles. The maximum atomic E-state index is 12.5. The van der Waals surface area contributed by atoms with Crippen LogP contribution in [0.1, 0.15) is 11.1 Å². The van der Waals surface area contributed by atoms with Gasteiger partial charge in [0.05, 0.1) is 35.5 Å². The van der Waals surface area contributed by atoms with Crippen molar-refractivity contribution >= 4 is 33.0 Å². The van der Waals surface area contributed by atoms with Crippen LogP contribution in [-0.2, 0) is 22.7 Å². The van der Waals surface area contributed by atoms with E-state index in [1.54, 1.807) is 48.5 Å². The average molecular weight is 421 g/mol. The summed E-state index contributed by atoms with van der Waals surface area (Å²) in [5.74, 6) is -1.97. The van der Waals surface area contributed by atoms with Crippen molar-refractivity contribution in [1.29, 1.82) is 10.5 Å². The first-order valence-corrected chi connectivity index (χ1v) is 10.9. The Balaban J connectivity index is 2.03. The molecule has 2 atom stereocenters. The lowest BCUT2D eigenvalue weighted by atomic mass is 10.0. The normalized spacial score (nSPS) is 13.3. The summed E-state index contributed by atoms with van der Waals surface area (Å²) in [5, 5.41) is 19.8.